The molecule has 0 unspecified atom stereocenters. The molecule has 0 aliphatic carbocycles. The van der Waals surface area contributed by atoms with E-state index in [0.717, 1.165) is 43.0 Å². The van der Waals surface area contributed by atoms with Gasteiger partial charge in [-0.25, -0.2) is 13.8 Å². The second-order valence-corrected chi connectivity index (χ2v) is 7.91. The summed E-state index contributed by atoms with van der Waals surface area (Å²) in [5, 5.41) is 0. The molecule has 1 aliphatic rings. The number of nitrogens with zero attached hydrogens (tertiary/aromatic N) is 4. The summed E-state index contributed by atoms with van der Waals surface area (Å²) in [4.78, 5) is 9.27. The van der Waals surface area contributed by atoms with Gasteiger partial charge in [-0.05, 0) is 30.3 Å². The van der Waals surface area contributed by atoms with Gasteiger partial charge in [-0.3, -0.25) is 4.90 Å². The number of hydrogen-bond donors (Lipinski definition) is 0. The minimum absolute atomic E-state index is 0.178. The number of hydrogen-bond acceptors (Lipinski definition) is 3. The molecule has 2 heterocycles. The van der Waals surface area contributed by atoms with Crippen molar-refractivity contribution in [3.05, 3.63) is 95.8 Å². The Morgan fingerprint density at radius 1 is 0.710 bits per heavy atom. The largest absolute Gasteiger partial charge is 0.367 e. The van der Waals surface area contributed by atoms with Crippen molar-refractivity contribution >= 4 is 16.7 Å². The van der Waals surface area contributed by atoms with Gasteiger partial charge in [-0.2, -0.15) is 0 Å². The lowest BCUT2D eigenvalue weighted by atomic mass is 10.2. The van der Waals surface area contributed by atoms with Crippen molar-refractivity contribution in [2.75, 3.05) is 31.1 Å². The molecular formula is C25H24F2N4. The highest BCUT2D eigenvalue weighted by Gasteiger charge is 2.22. The number of fused-ring (bicyclic) bond motifs is 1. The number of halogens is 2. The highest BCUT2D eigenvalue weighted by molar-refractivity contribution is 5.76. The summed E-state index contributed by atoms with van der Waals surface area (Å²) in [6, 6.07) is 21.8. The SMILES string of the molecule is Fc1ccccc1Cn1c(CN2CCN(c3ccccc3F)CC2)nc2ccccc21. The Kier molecular flexibility index (Phi) is 5.38. The van der Waals surface area contributed by atoms with E-state index in [-0.39, 0.29) is 11.6 Å². The Morgan fingerprint density at radius 3 is 2.16 bits per heavy atom. The quantitative estimate of drug-likeness (QED) is 0.470. The Labute approximate surface area is 180 Å². The zero-order chi connectivity index (χ0) is 21.2. The van der Waals surface area contributed by atoms with Gasteiger partial charge < -0.3 is 9.47 Å². The summed E-state index contributed by atoms with van der Waals surface area (Å²) in [5.41, 5.74) is 3.23. The molecule has 0 N–H and O–H groups in total. The van der Waals surface area contributed by atoms with E-state index in [1.165, 1.54) is 12.1 Å². The zero-order valence-corrected chi connectivity index (χ0v) is 17.2. The van der Waals surface area contributed by atoms with Crippen LogP contribution in [0.5, 0.6) is 0 Å². The summed E-state index contributed by atoms with van der Waals surface area (Å²) in [5.74, 6) is 0.538. The average molecular weight is 418 g/mol. The van der Waals surface area contributed by atoms with Gasteiger partial charge in [-0.15, -0.1) is 0 Å². The zero-order valence-electron chi connectivity index (χ0n) is 17.2. The third-order valence-corrected chi connectivity index (χ3v) is 5.95. The Bertz CT molecular complexity index is 1200. The number of imidazole rings is 1. The highest BCUT2D eigenvalue weighted by Crippen LogP contribution is 2.23. The number of rotatable bonds is 5. The molecular weight excluding hydrogens is 394 g/mol. The van der Waals surface area contributed by atoms with E-state index in [1.54, 1.807) is 12.1 Å². The van der Waals surface area contributed by atoms with Gasteiger partial charge in [0.1, 0.15) is 17.5 Å². The summed E-state index contributed by atoms with van der Waals surface area (Å²) < 4.78 is 30.6. The van der Waals surface area contributed by atoms with E-state index in [2.05, 4.69) is 14.4 Å². The molecule has 3 aromatic carbocycles. The molecule has 31 heavy (non-hydrogen) atoms. The lowest BCUT2D eigenvalue weighted by Crippen LogP contribution is -2.46. The molecule has 1 fully saturated rings. The summed E-state index contributed by atoms with van der Waals surface area (Å²) in [6.07, 6.45) is 0. The fraction of sp³-hybridized carbons (Fsp3) is 0.240. The molecule has 0 atom stereocenters. The monoisotopic (exact) mass is 418 g/mol. The molecule has 1 aliphatic heterocycles. The predicted molar refractivity (Wildman–Crippen MR) is 119 cm³/mol. The first-order chi connectivity index (χ1) is 15.2. The first kappa shape index (κ1) is 19.7. The summed E-state index contributed by atoms with van der Waals surface area (Å²) in [7, 11) is 0. The Hall–Kier alpha value is -3.25. The van der Waals surface area contributed by atoms with E-state index in [1.807, 2.05) is 48.5 Å². The molecule has 0 saturated carbocycles. The Balaban J connectivity index is 1.36. The van der Waals surface area contributed by atoms with Crippen LogP contribution in [0.2, 0.25) is 0 Å². The summed E-state index contributed by atoms with van der Waals surface area (Å²) >= 11 is 0. The minimum atomic E-state index is -0.204. The van der Waals surface area contributed by atoms with Crippen molar-refractivity contribution in [3.63, 3.8) is 0 Å². The number of para-hydroxylation sites is 3. The van der Waals surface area contributed by atoms with Crippen LogP contribution in [0.3, 0.4) is 0 Å². The van der Waals surface area contributed by atoms with E-state index < -0.39 is 0 Å². The van der Waals surface area contributed by atoms with Crippen molar-refractivity contribution in [1.29, 1.82) is 0 Å². The van der Waals surface area contributed by atoms with Gasteiger partial charge >= 0.3 is 0 Å². The van der Waals surface area contributed by atoms with E-state index in [4.69, 9.17) is 4.98 Å². The van der Waals surface area contributed by atoms with Crippen LogP contribution in [0.15, 0.2) is 72.8 Å². The van der Waals surface area contributed by atoms with Crippen molar-refractivity contribution in [2.24, 2.45) is 0 Å². The van der Waals surface area contributed by atoms with Crippen molar-refractivity contribution in [1.82, 2.24) is 14.5 Å². The highest BCUT2D eigenvalue weighted by atomic mass is 19.1. The second-order valence-electron chi connectivity index (χ2n) is 7.91. The van der Waals surface area contributed by atoms with Gasteiger partial charge in [0.05, 0.1) is 29.8 Å². The maximum Gasteiger partial charge on any atom is 0.146 e. The van der Waals surface area contributed by atoms with E-state index >= 15 is 0 Å². The normalized spacial score (nSPS) is 15.0. The minimum Gasteiger partial charge on any atom is -0.367 e. The lowest BCUT2D eigenvalue weighted by Gasteiger charge is -2.36. The van der Waals surface area contributed by atoms with Crippen LogP contribution in [-0.2, 0) is 13.1 Å². The second kappa shape index (κ2) is 8.47. The molecule has 158 valence electrons. The van der Waals surface area contributed by atoms with Gasteiger partial charge in [0.2, 0.25) is 0 Å². The molecule has 1 aromatic heterocycles. The van der Waals surface area contributed by atoms with Crippen LogP contribution in [0.25, 0.3) is 11.0 Å². The van der Waals surface area contributed by atoms with Gasteiger partial charge in [0, 0.05) is 31.7 Å². The number of anilines is 1. The predicted octanol–water partition coefficient (Wildman–Crippen LogP) is 4.69. The Morgan fingerprint density at radius 2 is 1.39 bits per heavy atom. The first-order valence-corrected chi connectivity index (χ1v) is 10.6. The molecule has 5 rings (SSSR count). The van der Waals surface area contributed by atoms with Gasteiger partial charge in [0.15, 0.2) is 0 Å². The number of piperazine rings is 1. The molecule has 1 saturated heterocycles. The van der Waals surface area contributed by atoms with Crippen LogP contribution < -0.4 is 4.90 Å². The van der Waals surface area contributed by atoms with Crippen molar-refractivity contribution in [3.8, 4) is 0 Å². The third-order valence-electron chi connectivity index (χ3n) is 5.95. The fourth-order valence-electron chi connectivity index (χ4n) is 4.27. The first-order valence-electron chi connectivity index (χ1n) is 10.6. The van der Waals surface area contributed by atoms with Crippen LogP contribution in [0.4, 0.5) is 14.5 Å². The van der Waals surface area contributed by atoms with Gasteiger partial charge in [0.25, 0.3) is 0 Å². The van der Waals surface area contributed by atoms with E-state index in [0.29, 0.717) is 24.3 Å². The lowest BCUT2D eigenvalue weighted by molar-refractivity contribution is 0.241. The van der Waals surface area contributed by atoms with Crippen molar-refractivity contribution < 1.29 is 8.78 Å². The topological polar surface area (TPSA) is 24.3 Å². The summed E-state index contributed by atoms with van der Waals surface area (Å²) in [6.45, 7) is 4.27. The maximum absolute atomic E-state index is 14.3. The molecule has 0 spiro atoms. The molecule has 4 aromatic rings. The van der Waals surface area contributed by atoms with Crippen LogP contribution >= 0.6 is 0 Å². The number of benzene rings is 3. The standard InChI is InChI=1S/C25H24F2N4/c26-20-8-2-1-7-19(20)17-31-24-12-6-4-10-22(24)28-25(31)18-29-13-15-30(16-14-29)23-11-5-3-9-21(23)27/h1-12H,13-18H2. The van der Waals surface area contributed by atoms with Gasteiger partial charge in [-0.1, -0.05) is 42.5 Å². The van der Waals surface area contributed by atoms with Crippen LogP contribution in [0, 0.1) is 11.6 Å². The molecule has 0 radical (unpaired) electrons. The van der Waals surface area contributed by atoms with E-state index in [9.17, 15) is 8.78 Å². The molecule has 0 amide bonds. The van der Waals surface area contributed by atoms with Crippen LogP contribution in [0.1, 0.15) is 11.4 Å². The third kappa shape index (κ3) is 4.03. The smallest absolute Gasteiger partial charge is 0.146 e. The molecule has 0 bridgehead atoms. The van der Waals surface area contributed by atoms with Crippen LogP contribution in [-0.4, -0.2) is 40.6 Å². The fourth-order valence-corrected chi connectivity index (χ4v) is 4.27. The maximum atomic E-state index is 14.3. The average Bonchev–Trinajstić information content (AvgIpc) is 3.13. The molecule has 4 nitrogen and oxygen atoms in total. The molecule has 6 heteroatoms. The van der Waals surface area contributed by atoms with Crippen molar-refractivity contribution in [2.45, 2.75) is 13.1 Å². The number of aromatic nitrogens is 2.